The summed E-state index contributed by atoms with van der Waals surface area (Å²) in [6.07, 6.45) is 2.50. The molecule has 0 aliphatic carbocycles. The lowest BCUT2D eigenvalue weighted by Gasteiger charge is -2.19. The number of esters is 1. The molecule has 0 unspecified atom stereocenters. The lowest BCUT2D eigenvalue weighted by atomic mass is 10.1. The summed E-state index contributed by atoms with van der Waals surface area (Å²) >= 11 is 4.29. The fraction of sp³-hybridized carbons (Fsp3) is 0.355. The van der Waals surface area contributed by atoms with Gasteiger partial charge in [0.15, 0.2) is 13.5 Å². The van der Waals surface area contributed by atoms with Crippen molar-refractivity contribution in [2.75, 3.05) is 34.8 Å². The molecule has 0 fully saturated rings. The minimum Gasteiger partial charge on any atom is -0.446 e. The Kier molecular flexibility index (Phi) is 14.1. The normalized spacial score (nSPS) is 10.7. The van der Waals surface area contributed by atoms with Gasteiger partial charge in [-0.1, -0.05) is 90.3 Å². The van der Waals surface area contributed by atoms with Crippen molar-refractivity contribution in [3.05, 3.63) is 81.8 Å². The van der Waals surface area contributed by atoms with Crippen molar-refractivity contribution in [2.24, 2.45) is 0 Å². The van der Waals surface area contributed by atoms with Crippen molar-refractivity contribution in [1.82, 2.24) is 20.4 Å². The van der Waals surface area contributed by atoms with Crippen LogP contribution in [0.5, 0.6) is 0 Å². The number of rotatable bonds is 19. The summed E-state index contributed by atoms with van der Waals surface area (Å²) < 4.78 is 10.2. The third-order valence-corrected chi connectivity index (χ3v) is 9.37. The molecule has 0 saturated carbocycles. The summed E-state index contributed by atoms with van der Waals surface area (Å²) in [5, 5.41) is 19.2. The molecule has 4 rings (SSSR count). The van der Waals surface area contributed by atoms with Crippen LogP contribution in [0.15, 0.2) is 60.7 Å². The molecule has 0 aliphatic heterocycles. The molecule has 0 saturated heterocycles. The molecule has 2 amide bonds. The van der Waals surface area contributed by atoms with Gasteiger partial charge in [0.25, 0.3) is 6.47 Å². The smallest absolute Gasteiger partial charge is 0.307 e. The molecule has 12 nitrogen and oxygen atoms in total. The van der Waals surface area contributed by atoms with Crippen LogP contribution in [0, 0.1) is 0 Å². The van der Waals surface area contributed by atoms with E-state index in [1.54, 1.807) is 11.8 Å². The van der Waals surface area contributed by atoms with Crippen molar-refractivity contribution in [3.63, 3.8) is 0 Å². The monoisotopic (exact) mass is 682 g/mol. The number of aryl methyl sites for hydroxylation is 2. The average Bonchev–Trinajstić information content (AvgIpc) is 3.72. The first kappa shape index (κ1) is 34.7. The van der Waals surface area contributed by atoms with Gasteiger partial charge in [0.1, 0.15) is 10.0 Å². The Morgan fingerprint density at radius 2 is 1.26 bits per heavy atom. The van der Waals surface area contributed by atoms with Gasteiger partial charge in [-0.25, -0.2) is 0 Å². The third-order valence-electron chi connectivity index (χ3n) is 6.37. The molecule has 0 atom stereocenters. The van der Waals surface area contributed by atoms with Crippen LogP contribution in [-0.4, -0.2) is 69.6 Å². The molecule has 4 aromatic rings. The highest BCUT2D eigenvalue weighted by Crippen LogP contribution is 2.25. The maximum atomic E-state index is 13.2. The van der Waals surface area contributed by atoms with E-state index in [0.717, 1.165) is 32.6 Å². The quantitative estimate of drug-likeness (QED) is 0.0597. The summed E-state index contributed by atoms with van der Waals surface area (Å²) in [7, 11) is 0. The summed E-state index contributed by atoms with van der Waals surface area (Å²) in [6, 6.07) is 18.7. The van der Waals surface area contributed by atoms with Crippen LogP contribution in [0.3, 0.4) is 0 Å². The van der Waals surface area contributed by atoms with Gasteiger partial charge in [0.2, 0.25) is 22.1 Å². The molecule has 15 heteroatoms. The van der Waals surface area contributed by atoms with Crippen LogP contribution in [0.1, 0.15) is 40.9 Å². The van der Waals surface area contributed by atoms with Gasteiger partial charge in [-0.2, -0.15) is 11.8 Å². The number of aromatic nitrogens is 4. The van der Waals surface area contributed by atoms with Gasteiger partial charge < -0.3 is 9.47 Å². The number of nitrogens with zero attached hydrogens (tertiary/aromatic N) is 6. The Morgan fingerprint density at radius 1 is 0.761 bits per heavy atom. The van der Waals surface area contributed by atoms with E-state index in [4.69, 9.17) is 9.47 Å². The zero-order valence-corrected chi connectivity index (χ0v) is 27.7. The Balaban J connectivity index is 1.27. The van der Waals surface area contributed by atoms with Crippen molar-refractivity contribution in [3.8, 4) is 0 Å². The third kappa shape index (κ3) is 11.0. The van der Waals surface area contributed by atoms with E-state index in [9.17, 15) is 19.2 Å². The van der Waals surface area contributed by atoms with E-state index >= 15 is 0 Å². The Hall–Kier alpha value is -4.21. The second-order valence-corrected chi connectivity index (χ2v) is 13.1. The van der Waals surface area contributed by atoms with Gasteiger partial charge in [-0.15, -0.1) is 20.4 Å². The molecule has 0 radical (unpaired) electrons. The summed E-state index contributed by atoms with van der Waals surface area (Å²) in [6.45, 7) is 1.73. The van der Waals surface area contributed by atoms with Gasteiger partial charge in [0, 0.05) is 19.3 Å². The minimum atomic E-state index is -0.371. The van der Waals surface area contributed by atoms with Gasteiger partial charge in [-0.05, 0) is 29.1 Å². The average molecular weight is 683 g/mol. The van der Waals surface area contributed by atoms with Crippen LogP contribution in [0.4, 0.5) is 10.3 Å². The van der Waals surface area contributed by atoms with Crippen LogP contribution in [-0.2, 0) is 54.3 Å². The SMILES string of the molecule is CCCC(=O)OCN(C(=O)Cc1ccccc1)c1nnc(CCSCCc2nnc(N(COC=O)C(=O)Cc3ccccc3)s2)s1. The topological polar surface area (TPSA) is 145 Å². The molecule has 46 heavy (non-hydrogen) atoms. The zero-order chi connectivity index (χ0) is 32.6. The Labute approximate surface area is 279 Å². The first-order chi connectivity index (χ1) is 22.5. The summed E-state index contributed by atoms with van der Waals surface area (Å²) in [5.74, 6) is 0.670. The highest BCUT2D eigenvalue weighted by atomic mass is 32.2. The van der Waals surface area contributed by atoms with Crippen LogP contribution in [0.25, 0.3) is 0 Å². The predicted octanol–water partition coefficient (Wildman–Crippen LogP) is 4.49. The maximum absolute atomic E-state index is 13.2. The number of anilines is 2. The predicted molar refractivity (Wildman–Crippen MR) is 178 cm³/mol. The lowest BCUT2D eigenvalue weighted by molar-refractivity contribution is -0.144. The standard InChI is InChI=1S/C31H34N6O6S3/c1-2-9-29(41)43-21-37(28(40)19-24-12-7-4-8-13-24)31-35-33-26(46-31)15-17-44-16-14-25-32-34-30(45-25)36(20-42-22-38)27(39)18-23-10-5-3-6-11-23/h3-8,10-13,22H,2,9,14-21H2,1H3. The van der Waals surface area contributed by atoms with Crippen LogP contribution >= 0.6 is 34.4 Å². The maximum Gasteiger partial charge on any atom is 0.307 e. The number of carbonyl (C=O) groups excluding carboxylic acids is 4. The molecule has 0 spiro atoms. The fourth-order valence-corrected chi connectivity index (χ4v) is 6.87. The molecule has 2 aromatic heterocycles. The van der Waals surface area contributed by atoms with Gasteiger partial charge in [-0.3, -0.25) is 29.0 Å². The molecular formula is C31H34N6O6S3. The molecule has 0 bridgehead atoms. The number of ether oxygens (including phenoxy) is 2. The van der Waals surface area contributed by atoms with E-state index in [-0.39, 0.29) is 50.5 Å². The Morgan fingerprint density at radius 3 is 1.74 bits per heavy atom. The molecule has 0 aliphatic rings. The van der Waals surface area contributed by atoms with Crippen molar-refractivity contribution in [1.29, 1.82) is 0 Å². The first-order valence-corrected chi connectivity index (χ1v) is 17.4. The molecule has 2 heterocycles. The van der Waals surface area contributed by atoms with E-state index in [1.165, 1.54) is 32.5 Å². The van der Waals surface area contributed by atoms with Gasteiger partial charge in [0.05, 0.1) is 12.8 Å². The summed E-state index contributed by atoms with van der Waals surface area (Å²) in [5.41, 5.74) is 1.69. The van der Waals surface area contributed by atoms with Crippen LogP contribution in [0.2, 0.25) is 0 Å². The van der Waals surface area contributed by atoms with E-state index in [1.807, 2.05) is 67.6 Å². The van der Waals surface area contributed by atoms with Gasteiger partial charge >= 0.3 is 5.97 Å². The number of hydrogen-bond acceptors (Lipinski definition) is 13. The molecule has 2 aromatic carbocycles. The number of carbonyl (C=O) groups is 4. The second kappa shape index (κ2) is 18.7. The highest BCUT2D eigenvalue weighted by Gasteiger charge is 2.23. The molecule has 242 valence electrons. The Bertz CT molecular complexity index is 1550. The van der Waals surface area contributed by atoms with E-state index in [0.29, 0.717) is 36.0 Å². The van der Waals surface area contributed by atoms with E-state index in [2.05, 4.69) is 20.4 Å². The largest absolute Gasteiger partial charge is 0.446 e. The highest BCUT2D eigenvalue weighted by molar-refractivity contribution is 7.99. The molecular weight excluding hydrogens is 649 g/mol. The van der Waals surface area contributed by atoms with Crippen molar-refractivity contribution < 1.29 is 28.7 Å². The fourth-order valence-electron chi connectivity index (χ4n) is 4.05. The molecule has 0 N–H and O–H groups in total. The number of hydrogen-bond donors (Lipinski definition) is 0. The van der Waals surface area contributed by atoms with E-state index < -0.39 is 0 Å². The number of thioether (sulfide) groups is 1. The number of amides is 2. The number of benzene rings is 2. The minimum absolute atomic E-state index is 0.143. The lowest BCUT2D eigenvalue weighted by Crippen LogP contribution is -2.35. The second-order valence-electron chi connectivity index (χ2n) is 9.82. The zero-order valence-electron chi connectivity index (χ0n) is 25.3. The first-order valence-electron chi connectivity index (χ1n) is 14.6. The van der Waals surface area contributed by atoms with Crippen molar-refractivity contribution >= 4 is 69.0 Å². The summed E-state index contributed by atoms with van der Waals surface area (Å²) in [4.78, 5) is 51.6. The van der Waals surface area contributed by atoms with Crippen molar-refractivity contribution in [2.45, 2.75) is 45.4 Å². The van der Waals surface area contributed by atoms with Crippen LogP contribution < -0.4 is 9.80 Å².